The molecule has 0 unspecified atom stereocenters. The normalized spacial score (nSPS) is 18.5. The van der Waals surface area contributed by atoms with Crippen molar-refractivity contribution < 1.29 is 9.53 Å². The Bertz CT molecular complexity index is 158. The van der Waals surface area contributed by atoms with Crippen molar-refractivity contribution in [3.05, 3.63) is 0 Å². The first-order valence-corrected chi connectivity index (χ1v) is 5.29. The predicted molar refractivity (Wildman–Crippen MR) is 51.9 cm³/mol. The Morgan fingerprint density at radius 3 is 2.77 bits per heavy atom. The van der Waals surface area contributed by atoms with Crippen molar-refractivity contribution in [2.45, 2.75) is 31.7 Å². The summed E-state index contributed by atoms with van der Waals surface area (Å²) in [6.45, 7) is 1.53. The van der Waals surface area contributed by atoms with Gasteiger partial charge in [-0.2, -0.15) is 0 Å². The summed E-state index contributed by atoms with van der Waals surface area (Å²) in [5, 5.41) is 2.98. The van der Waals surface area contributed by atoms with Gasteiger partial charge in [-0.15, -0.1) is 11.6 Å². The molecule has 0 saturated carbocycles. The van der Waals surface area contributed by atoms with Crippen LogP contribution in [0.4, 0.5) is 0 Å². The summed E-state index contributed by atoms with van der Waals surface area (Å²) < 4.78 is 5.19. The van der Waals surface area contributed by atoms with Crippen LogP contribution >= 0.6 is 11.6 Å². The van der Waals surface area contributed by atoms with Crippen LogP contribution in [-0.4, -0.2) is 31.0 Å². The zero-order valence-electron chi connectivity index (χ0n) is 7.72. The zero-order valence-corrected chi connectivity index (χ0v) is 8.48. The highest BCUT2D eigenvalue weighted by Gasteiger charge is 2.15. The molecule has 1 aliphatic rings. The van der Waals surface area contributed by atoms with E-state index < -0.39 is 0 Å². The monoisotopic (exact) mass is 205 g/mol. The number of ether oxygens (including phenoxy) is 1. The molecule has 76 valence electrons. The Labute approximate surface area is 83.8 Å². The van der Waals surface area contributed by atoms with Crippen LogP contribution in [0, 0.1) is 0 Å². The highest BCUT2D eigenvalue weighted by Crippen LogP contribution is 2.06. The first-order valence-electron chi connectivity index (χ1n) is 4.76. The summed E-state index contributed by atoms with van der Waals surface area (Å²) in [6.07, 6.45) is 3.18. The Hall–Kier alpha value is -0.280. The van der Waals surface area contributed by atoms with Crippen molar-refractivity contribution in [2.24, 2.45) is 0 Å². The average Bonchev–Trinajstić information content (AvgIpc) is 2.16. The highest BCUT2D eigenvalue weighted by molar-refractivity contribution is 6.17. The molecule has 3 nitrogen and oxygen atoms in total. The molecular formula is C9H16ClNO2. The van der Waals surface area contributed by atoms with Gasteiger partial charge in [0.15, 0.2) is 0 Å². The van der Waals surface area contributed by atoms with E-state index in [2.05, 4.69) is 5.32 Å². The number of rotatable bonds is 4. The Morgan fingerprint density at radius 2 is 2.15 bits per heavy atom. The van der Waals surface area contributed by atoms with Crippen molar-refractivity contribution in [1.29, 1.82) is 0 Å². The molecule has 13 heavy (non-hydrogen) atoms. The van der Waals surface area contributed by atoms with Crippen LogP contribution in [0.15, 0.2) is 0 Å². The number of amides is 1. The molecule has 1 saturated heterocycles. The van der Waals surface area contributed by atoms with Crippen molar-refractivity contribution in [3.63, 3.8) is 0 Å². The van der Waals surface area contributed by atoms with E-state index in [1.807, 2.05) is 0 Å². The standard InChI is InChI=1S/C9H16ClNO2/c10-5-1-2-9(12)11-8-3-6-13-7-4-8/h8H,1-7H2,(H,11,12). The van der Waals surface area contributed by atoms with Crippen molar-refractivity contribution in [3.8, 4) is 0 Å². The number of hydrogen-bond donors (Lipinski definition) is 1. The molecule has 1 fully saturated rings. The number of halogens is 1. The third kappa shape index (κ3) is 4.48. The lowest BCUT2D eigenvalue weighted by Crippen LogP contribution is -2.38. The fraction of sp³-hybridized carbons (Fsp3) is 0.889. The lowest BCUT2D eigenvalue weighted by atomic mass is 10.1. The van der Waals surface area contributed by atoms with E-state index in [9.17, 15) is 4.79 Å². The molecule has 1 aliphatic heterocycles. The first-order chi connectivity index (χ1) is 6.33. The fourth-order valence-corrected chi connectivity index (χ4v) is 1.50. The van der Waals surface area contributed by atoms with E-state index in [0.717, 1.165) is 32.5 Å². The van der Waals surface area contributed by atoms with Crippen LogP contribution in [-0.2, 0) is 9.53 Å². The van der Waals surface area contributed by atoms with Crippen molar-refractivity contribution >= 4 is 17.5 Å². The molecular weight excluding hydrogens is 190 g/mol. The van der Waals surface area contributed by atoms with Gasteiger partial charge in [-0.05, 0) is 19.3 Å². The van der Waals surface area contributed by atoms with E-state index in [0.29, 0.717) is 18.3 Å². The van der Waals surface area contributed by atoms with Gasteiger partial charge < -0.3 is 10.1 Å². The van der Waals surface area contributed by atoms with Gasteiger partial charge in [0.2, 0.25) is 5.91 Å². The second kappa shape index (κ2) is 6.22. The number of carbonyl (C=O) groups excluding carboxylic acids is 1. The van der Waals surface area contributed by atoms with Crippen LogP contribution in [0.5, 0.6) is 0 Å². The summed E-state index contributed by atoms with van der Waals surface area (Å²) in [4.78, 5) is 11.3. The van der Waals surface area contributed by atoms with E-state index in [4.69, 9.17) is 16.3 Å². The highest BCUT2D eigenvalue weighted by atomic mass is 35.5. The predicted octanol–water partition coefficient (Wildman–Crippen LogP) is 1.30. The van der Waals surface area contributed by atoms with Crippen molar-refractivity contribution in [2.75, 3.05) is 19.1 Å². The number of alkyl halides is 1. The van der Waals surface area contributed by atoms with Gasteiger partial charge in [-0.25, -0.2) is 0 Å². The van der Waals surface area contributed by atoms with E-state index in [1.54, 1.807) is 0 Å². The minimum absolute atomic E-state index is 0.118. The first kappa shape index (κ1) is 10.8. The van der Waals surface area contributed by atoms with Gasteiger partial charge in [0.1, 0.15) is 0 Å². The minimum atomic E-state index is 0.118. The largest absolute Gasteiger partial charge is 0.381 e. The van der Waals surface area contributed by atoms with Gasteiger partial charge in [0.05, 0.1) is 0 Å². The molecule has 0 aliphatic carbocycles. The van der Waals surface area contributed by atoms with E-state index >= 15 is 0 Å². The van der Waals surface area contributed by atoms with Crippen LogP contribution in [0.2, 0.25) is 0 Å². The molecule has 0 aromatic heterocycles. The molecule has 1 N–H and O–H groups in total. The Kier molecular flexibility index (Phi) is 5.16. The van der Waals surface area contributed by atoms with Gasteiger partial charge in [-0.3, -0.25) is 4.79 Å². The molecule has 0 radical (unpaired) electrons. The Balaban J connectivity index is 2.11. The maximum atomic E-state index is 11.3. The van der Waals surface area contributed by atoms with Crippen molar-refractivity contribution in [1.82, 2.24) is 5.32 Å². The summed E-state index contributed by atoms with van der Waals surface area (Å²) in [5.41, 5.74) is 0. The second-order valence-electron chi connectivity index (χ2n) is 3.25. The molecule has 1 amide bonds. The van der Waals surface area contributed by atoms with E-state index in [-0.39, 0.29) is 5.91 Å². The number of carbonyl (C=O) groups is 1. The van der Waals surface area contributed by atoms with Gasteiger partial charge in [-0.1, -0.05) is 0 Å². The van der Waals surface area contributed by atoms with Crippen LogP contribution in [0.1, 0.15) is 25.7 Å². The van der Waals surface area contributed by atoms with E-state index in [1.165, 1.54) is 0 Å². The maximum absolute atomic E-state index is 11.3. The zero-order chi connectivity index (χ0) is 9.52. The van der Waals surface area contributed by atoms with Gasteiger partial charge >= 0.3 is 0 Å². The SMILES string of the molecule is O=C(CCCCl)NC1CCOCC1. The lowest BCUT2D eigenvalue weighted by molar-refractivity contribution is -0.122. The molecule has 0 atom stereocenters. The summed E-state index contributed by atoms with van der Waals surface area (Å²) in [7, 11) is 0. The average molecular weight is 206 g/mol. The van der Waals surface area contributed by atoms with Crippen LogP contribution < -0.4 is 5.32 Å². The third-order valence-corrected chi connectivity index (χ3v) is 2.39. The third-order valence-electron chi connectivity index (χ3n) is 2.12. The molecule has 0 aromatic rings. The van der Waals surface area contributed by atoms with Gasteiger partial charge in [0, 0.05) is 31.6 Å². The molecule has 1 rings (SSSR count). The quantitative estimate of drug-likeness (QED) is 0.703. The van der Waals surface area contributed by atoms with Crippen LogP contribution in [0.25, 0.3) is 0 Å². The Morgan fingerprint density at radius 1 is 1.46 bits per heavy atom. The molecule has 0 bridgehead atoms. The smallest absolute Gasteiger partial charge is 0.220 e. The molecule has 0 aromatic carbocycles. The summed E-state index contributed by atoms with van der Waals surface area (Å²) in [5.74, 6) is 0.675. The fourth-order valence-electron chi connectivity index (χ4n) is 1.37. The second-order valence-corrected chi connectivity index (χ2v) is 3.62. The lowest BCUT2D eigenvalue weighted by Gasteiger charge is -2.22. The summed E-state index contributed by atoms with van der Waals surface area (Å²) in [6, 6.07) is 0.316. The van der Waals surface area contributed by atoms with Gasteiger partial charge in [0.25, 0.3) is 0 Å². The molecule has 4 heteroatoms. The summed E-state index contributed by atoms with van der Waals surface area (Å²) >= 11 is 5.49. The number of hydrogen-bond acceptors (Lipinski definition) is 2. The topological polar surface area (TPSA) is 38.3 Å². The maximum Gasteiger partial charge on any atom is 0.220 e. The molecule has 0 spiro atoms. The number of nitrogens with one attached hydrogen (secondary N) is 1. The molecule has 1 heterocycles. The minimum Gasteiger partial charge on any atom is -0.381 e. The van der Waals surface area contributed by atoms with Crippen LogP contribution in [0.3, 0.4) is 0 Å².